The van der Waals surface area contributed by atoms with Crippen molar-refractivity contribution in [2.75, 3.05) is 30.8 Å². The monoisotopic (exact) mass is 316 g/mol. The third-order valence-corrected chi connectivity index (χ3v) is 3.06. The molecular weight excluding hydrogens is 296 g/mol. The molecule has 2 amide bonds. The van der Waals surface area contributed by atoms with Gasteiger partial charge in [0.05, 0.1) is 13.1 Å². The third-order valence-electron chi connectivity index (χ3n) is 3.06. The summed E-state index contributed by atoms with van der Waals surface area (Å²) in [5.41, 5.74) is 1.86. The number of hydrogen-bond acceptors (Lipinski definition) is 5. The number of rotatable bonds is 6. The summed E-state index contributed by atoms with van der Waals surface area (Å²) in [6.45, 7) is 3.91. The standard InChI is InChI=1S/C16H20N4O3/c1-11-4-6-13(7-5-11)17-15(21)9-20(3)10-16(22)18-14-8-12(2)23-19-14/h4-8H,9-10H2,1-3H3,(H,17,21)(H,18,19,22). The molecule has 0 aliphatic carbocycles. The first kappa shape index (κ1) is 16.7. The highest BCUT2D eigenvalue weighted by molar-refractivity contribution is 5.94. The van der Waals surface area contributed by atoms with Crippen molar-refractivity contribution < 1.29 is 14.1 Å². The quantitative estimate of drug-likeness (QED) is 0.848. The van der Waals surface area contributed by atoms with E-state index in [0.717, 1.165) is 11.3 Å². The predicted octanol–water partition coefficient (Wildman–Crippen LogP) is 1.80. The third kappa shape index (κ3) is 5.55. The lowest BCUT2D eigenvalue weighted by Gasteiger charge is -2.15. The maximum absolute atomic E-state index is 11.9. The van der Waals surface area contributed by atoms with Crippen LogP contribution >= 0.6 is 0 Å². The number of carbonyl (C=O) groups is 2. The summed E-state index contributed by atoms with van der Waals surface area (Å²) in [6.07, 6.45) is 0. The first-order valence-electron chi connectivity index (χ1n) is 7.20. The number of aryl methyl sites for hydroxylation is 2. The molecule has 0 unspecified atom stereocenters. The van der Waals surface area contributed by atoms with Gasteiger partial charge in [0.25, 0.3) is 0 Å². The Morgan fingerprint density at radius 3 is 2.26 bits per heavy atom. The molecule has 0 saturated carbocycles. The summed E-state index contributed by atoms with van der Waals surface area (Å²) < 4.78 is 4.87. The second kappa shape index (κ2) is 7.55. The van der Waals surface area contributed by atoms with E-state index >= 15 is 0 Å². The van der Waals surface area contributed by atoms with Crippen molar-refractivity contribution in [2.45, 2.75) is 13.8 Å². The second-order valence-corrected chi connectivity index (χ2v) is 5.46. The van der Waals surface area contributed by atoms with Crippen LogP contribution in [0.3, 0.4) is 0 Å². The molecule has 0 radical (unpaired) electrons. The molecule has 1 aromatic carbocycles. The molecule has 7 nitrogen and oxygen atoms in total. The molecule has 0 aliphatic heterocycles. The van der Waals surface area contributed by atoms with Gasteiger partial charge in [-0.1, -0.05) is 22.9 Å². The van der Waals surface area contributed by atoms with Gasteiger partial charge in [-0.25, -0.2) is 0 Å². The van der Waals surface area contributed by atoms with Crippen LogP contribution in [-0.2, 0) is 9.59 Å². The van der Waals surface area contributed by atoms with E-state index in [1.807, 2.05) is 31.2 Å². The summed E-state index contributed by atoms with van der Waals surface area (Å²) in [7, 11) is 1.70. The maximum atomic E-state index is 11.9. The van der Waals surface area contributed by atoms with E-state index in [0.29, 0.717) is 11.6 Å². The number of benzene rings is 1. The van der Waals surface area contributed by atoms with Crippen LogP contribution < -0.4 is 10.6 Å². The summed E-state index contributed by atoms with van der Waals surface area (Å²) in [5.74, 6) is 0.543. The highest BCUT2D eigenvalue weighted by Crippen LogP contribution is 2.09. The van der Waals surface area contributed by atoms with Gasteiger partial charge in [0, 0.05) is 11.8 Å². The minimum atomic E-state index is -0.260. The number of hydrogen-bond donors (Lipinski definition) is 2. The lowest BCUT2D eigenvalue weighted by molar-refractivity contribution is -0.119. The fourth-order valence-electron chi connectivity index (χ4n) is 1.99. The maximum Gasteiger partial charge on any atom is 0.239 e. The minimum absolute atomic E-state index is 0.0766. The van der Waals surface area contributed by atoms with Crippen LogP contribution in [0.1, 0.15) is 11.3 Å². The normalized spacial score (nSPS) is 10.6. The molecule has 0 aliphatic rings. The Balaban J connectivity index is 1.77. The first-order chi connectivity index (χ1) is 10.9. The van der Waals surface area contributed by atoms with Gasteiger partial charge in [0.2, 0.25) is 11.8 Å². The lowest BCUT2D eigenvalue weighted by atomic mass is 10.2. The summed E-state index contributed by atoms with van der Waals surface area (Å²) in [6, 6.07) is 9.15. The largest absolute Gasteiger partial charge is 0.360 e. The van der Waals surface area contributed by atoms with Crippen LogP contribution in [0.5, 0.6) is 0 Å². The number of nitrogens with zero attached hydrogens (tertiary/aromatic N) is 2. The SMILES string of the molecule is Cc1ccc(NC(=O)CN(C)CC(=O)Nc2cc(C)on2)cc1. The molecule has 1 aromatic heterocycles. The number of anilines is 2. The van der Waals surface area contributed by atoms with Crippen molar-refractivity contribution in [3.05, 3.63) is 41.7 Å². The Morgan fingerprint density at radius 1 is 1.09 bits per heavy atom. The Bertz CT molecular complexity index is 679. The van der Waals surface area contributed by atoms with E-state index in [1.165, 1.54) is 0 Å². The zero-order valence-corrected chi connectivity index (χ0v) is 13.4. The predicted molar refractivity (Wildman–Crippen MR) is 87.2 cm³/mol. The van der Waals surface area contributed by atoms with Crippen LogP contribution in [0.2, 0.25) is 0 Å². The summed E-state index contributed by atoms with van der Waals surface area (Å²) >= 11 is 0. The van der Waals surface area contributed by atoms with Crippen molar-refractivity contribution in [1.82, 2.24) is 10.1 Å². The molecule has 23 heavy (non-hydrogen) atoms. The van der Waals surface area contributed by atoms with Gasteiger partial charge in [-0.15, -0.1) is 0 Å². The van der Waals surface area contributed by atoms with E-state index in [4.69, 9.17) is 4.52 Å². The Hall–Kier alpha value is -2.67. The van der Waals surface area contributed by atoms with E-state index in [2.05, 4.69) is 15.8 Å². The zero-order chi connectivity index (χ0) is 16.8. The Kier molecular flexibility index (Phi) is 5.48. The van der Waals surface area contributed by atoms with Crippen molar-refractivity contribution in [2.24, 2.45) is 0 Å². The van der Waals surface area contributed by atoms with Crippen molar-refractivity contribution >= 4 is 23.3 Å². The van der Waals surface area contributed by atoms with E-state index in [9.17, 15) is 9.59 Å². The average Bonchev–Trinajstić information content (AvgIpc) is 2.86. The highest BCUT2D eigenvalue weighted by atomic mass is 16.5. The number of nitrogens with one attached hydrogen (secondary N) is 2. The van der Waals surface area contributed by atoms with Crippen LogP contribution in [0.25, 0.3) is 0 Å². The molecule has 2 aromatic rings. The fraction of sp³-hybridized carbons (Fsp3) is 0.312. The fourth-order valence-corrected chi connectivity index (χ4v) is 1.99. The lowest BCUT2D eigenvalue weighted by Crippen LogP contribution is -2.36. The van der Waals surface area contributed by atoms with Crippen molar-refractivity contribution in [1.29, 1.82) is 0 Å². The highest BCUT2D eigenvalue weighted by Gasteiger charge is 2.12. The summed E-state index contributed by atoms with van der Waals surface area (Å²) in [4.78, 5) is 25.4. The van der Waals surface area contributed by atoms with Crippen LogP contribution in [0, 0.1) is 13.8 Å². The van der Waals surface area contributed by atoms with Crippen LogP contribution in [0.4, 0.5) is 11.5 Å². The summed E-state index contributed by atoms with van der Waals surface area (Å²) in [5, 5.41) is 9.07. The van der Waals surface area contributed by atoms with Gasteiger partial charge in [-0.05, 0) is 33.0 Å². The Labute approximate surface area is 134 Å². The first-order valence-corrected chi connectivity index (χ1v) is 7.20. The molecule has 7 heteroatoms. The number of likely N-dealkylation sites (N-methyl/N-ethyl adjacent to an activating group) is 1. The number of aromatic nitrogens is 1. The molecule has 2 N–H and O–H groups in total. The molecule has 0 saturated heterocycles. The molecule has 2 rings (SSSR count). The smallest absolute Gasteiger partial charge is 0.239 e. The molecule has 0 atom stereocenters. The van der Waals surface area contributed by atoms with Crippen molar-refractivity contribution in [3.63, 3.8) is 0 Å². The van der Waals surface area contributed by atoms with E-state index in [1.54, 1.807) is 24.9 Å². The number of carbonyl (C=O) groups excluding carboxylic acids is 2. The van der Waals surface area contributed by atoms with Crippen LogP contribution in [0.15, 0.2) is 34.9 Å². The minimum Gasteiger partial charge on any atom is -0.360 e. The van der Waals surface area contributed by atoms with E-state index in [-0.39, 0.29) is 24.9 Å². The molecule has 0 fully saturated rings. The van der Waals surface area contributed by atoms with Gasteiger partial charge in [-0.3, -0.25) is 14.5 Å². The van der Waals surface area contributed by atoms with Gasteiger partial charge in [-0.2, -0.15) is 0 Å². The van der Waals surface area contributed by atoms with Gasteiger partial charge in [0.15, 0.2) is 5.82 Å². The van der Waals surface area contributed by atoms with Gasteiger partial charge >= 0.3 is 0 Å². The molecular formula is C16H20N4O3. The topological polar surface area (TPSA) is 87.5 Å². The van der Waals surface area contributed by atoms with Gasteiger partial charge in [0.1, 0.15) is 5.76 Å². The van der Waals surface area contributed by atoms with Gasteiger partial charge < -0.3 is 15.2 Å². The van der Waals surface area contributed by atoms with E-state index < -0.39 is 0 Å². The second-order valence-electron chi connectivity index (χ2n) is 5.46. The van der Waals surface area contributed by atoms with Crippen molar-refractivity contribution in [3.8, 4) is 0 Å². The molecule has 0 spiro atoms. The Morgan fingerprint density at radius 2 is 1.70 bits per heavy atom. The molecule has 1 heterocycles. The zero-order valence-electron chi connectivity index (χ0n) is 13.4. The molecule has 0 bridgehead atoms. The average molecular weight is 316 g/mol. The van der Waals surface area contributed by atoms with Crippen LogP contribution in [-0.4, -0.2) is 42.0 Å². The number of amides is 2. The molecule has 122 valence electrons.